The molecular formula is C13H21N3O4S. The van der Waals surface area contributed by atoms with E-state index in [9.17, 15) is 13.2 Å². The number of carbonyl (C=O) groups is 1. The Morgan fingerprint density at radius 1 is 1.38 bits per heavy atom. The fourth-order valence-electron chi connectivity index (χ4n) is 2.99. The van der Waals surface area contributed by atoms with E-state index in [0.717, 1.165) is 19.3 Å². The minimum Gasteiger partial charge on any atom is -0.476 e. The number of H-pyrrole nitrogens is 1. The average Bonchev–Trinajstić information content (AvgIpc) is 2.76. The van der Waals surface area contributed by atoms with Crippen LogP contribution >= 0.6 is 0 Å². The summed E-state index contributed by atoms with van der Waals surface area (Å²) in [6, 6.07) is -0.165. The maximum atomic E-state index is 12.5. The first kappa shape index (κ1) is 16.0. The van der Waals surface area contributed by atoms with Crippen molar-refractivity contribution in [3.8, 4) is 0 Å². The van der Waals surface area contributed by atoms with E-state index in [0.29, 0.717) is 5.92 Å². The summed E-state index contributed by atoms with van der Waals surface area (Å²) in [7, 11) is -3.90. The van der Waals surface area contributed by atoms with Crippen molar-refractivity contribution in [2.75, 3.05) is 0 Å². The lowest BCUT2D eigenvalue weighted by Crippen LogP contribution is -2.42. The van der Waals surface area contributed by atoms with E-state index in [1.807, 2.05) is 6.92 Å². The molecular weight excluding hydrogens is 294 g/mol. The van der Waals surface area contributed by atoms with Crippen LogP contribution in [0.4, 0.5) is 0 Å². The normalized spacial score (nSPS) is 26.7. The van der Waals surface area contributed by atoms with Gasteiger partial charge >= 0.3 is 5.97 Å². The third kappa shape index (κ3) is 3.26. The number of aryl methyl sites for hydroxylation is 1. The highest BCUT2D eigenvalue weighted by Crippen LogP contribution is 2.30. The minimum atomic E-state index is -3.90. The predicted octanol–water partition coefficient (Wildman–Crippen LogP) is 1.52. The molecule has 0 spiro atoms. The number of nitrogens with one attached hydrogen (secondary N) is 2. The van der Waals surface area contributed by atoms with Gasteiger partial charge in [0, 0.05) is 6.04 Å². The predicted molar refractivity (Wildman–Crippen MR) is 76.6 cm³/mol. The molecule has 3 unspecified atom stereocenters. The first-order chi connectivity index (χ1) is 9.72. The van der Waals surface area contributed by atoms with Gasteiger partial charge in [0.2, 0.25) is 10.0 Å². The number of aromatic nitrogens is 2. The fourth-order valence-corrected chi connectivity index (χ4v) is 4.69. The van der Waals surface area contributed by atoms with Crippen molar-refractivity contribution in [3.05, 3.63) is 11.4 Å². The molecule has 0 bridgehead atoms. The number of hydrogen-bond acceptors (Lipinski definition) is 4. The molecule has 0 saturated heterocycles. The van der Waals surface area contributed by atoms with Crippen molar-refractivity contribution >= 4 is 16.0 Å². The van der Waals surface area contributed by atoms with E-state index in [4.69, 9.17) is 5.11 Å². The van der Waals surface area contributed by atoms with Gasteiger partial charge in [0.15, 0.2) is 5.69 Å². The highest BCUT2D eigenvalue weighted by molar-refractivity contribution is 7.89. The third-order valence-electron chi connectivity index (χ3n) is 4.10. The SMILES string of the molecule is Cc1[nH]nc(C(=O)O)c1S(=O)(=O)NC1CCC(C)CC1C. The van der Waals surface area contributed by atoms with Crippen molar-refractivity contribution in [3.63, 3.8) is 0 Å². The number of carboxylic acids is 1. The van der Waals surface area contributed by atoms with Crippen LogP contribution in [0.5, 0.6) is 0 Å². The largest absolute Gasteiger partial charge is 0.476 e. The molecule has 3 atom stereocenters. The molecule has 0 aromatic carbocycles. The summed E-state index contributed by atoms with van der Waals surface area (Å²) in [5, 5.41) is 15.1. The fraction of sp³-hybridized carbons (Fsp3) is 0.692. The molecule has 7 nitrogen and oxygen atoms in total. The van der Waals surface area contributed by atoms with E-state index < -0.39 is 21.7 Å². The van der Waals surface area contributed by atoms with Gasteiger partial charge < -0.3 is 5.11 Å². The quantitative estimate of drug-likeness (QED) is 0.780. The van der Waals surface area contributed by atoms with Crippen LogP contribution in [0.3, 0.4) is 0 Å². The number of carboxylic acid groups (broad SMARTS) is 1. The minimum absolute atomic E-state index is 0.165. The van der Waals surface area contributed by atoms with E-state index in [-0.39, 0.29) is 22.5 Å². The standard InChI is InChI=1S/C13H21N3O4S/c1-7-4-5-10(8(2)6-7)16-21(19,20)12-9(3)14-15-11(12)13(17)18/h7-8,10,16H,4-6H2,1-3H3,(H,14,15)(H,17,18). The average molecular weight is 315 g/mol. The third-order valence-corrected chi connectivity index (χ3v) is 5.75. The maximum absolute atomic E-state index is 12.5. The number of nitrogens with zero attached hydrogens (tertiary/aromatic N) is 1. The van der Waals surface area contributed by atoms with Crippen LogP contribution in [0.25, 0.3) is 0 Å². The second-order valence-electron chi connectivity index (χ2n) is 5.95. The summed E-state index contributed by atoms with van der Waals surface area (Å²) in [6.07, 6.45) is 2.69. The van der Waals surface area contributed by atoms with Crippen LogP contribution in [0.2, 0.25) is 0 Å². The first-order valence-electron chi connectivity index (χ1n) is 7.03. The molecule has 0 amide bonds. The lowest BCUT2D eigenvalue weighted by Gasteiger charge is -2.32. The van der Waals surface area contributed by atoms with Gasteiger partial charge in [-0.3, -0.25) is 5.10 Å². The van der Waals surface area contributed by atoms with Crippen LogP contribution < -0.4 is 4.72 Å². The van der Waals surface area contributed by atoms with Crippen molar-refractivity contribution in [1.82, 2.24) is 14.9 Å². The van der Waals surface area contributed by atoms with Gasteiger partial charge in [-0.15, -0.1) is 0 Å². The number of aromatic carboxylic acids is 1. The van der Waals surface area contributed by atoms with Gasteiger partial charge in [0.25, 0.3) is 0 Å². The Morgan fingerprint density at radius 2 is 2.05 bits per heavy atom. The zero-order valence-corrected chi connectivity index (χ0v) is 13.2. The second-order valence-corrected chi connectivity index (χ2v) is 7.61. The summed E-state index contributed by atoms with van der Waals surface area (Å²) < 4.78 is 27.7. The first-order valence-corrected chi connectivity index (χ1v) is 8.51. The molecule has 1 aromatic rings. The number of sulfonamides is 1. The summed E-state index contributed by atoms with van der Waals surface area (Å²) in [5.41, 5.74) is -0.228. The summed E-state index contributed by atoms with van der Waals surface area (Å²) in [4.78, 5) is 10.8. The Morgan fingerprint density at radius 3 is 2.62 bits per heavy atom. The van der Waals surface area contributed by atoms with Gasteiger partial charge in [-0.25, -0.2) is 17.9 Å². The molecule has 1 fully saturated rings. The van der Waals surface area contributed by atoms with Gasteiger partial charge in [-0.2, -0.15) is 5.10 Å². The molecule has 8 heteroatoms. The molecule has 1 aromatic heterocycles. The van der Waals surface area contributed by atoms with Crippen LogP contribution in [0, 0.1) is 18.8 Å². The number of hydrogen-bond donors (Lipinski definition) is 3. The Balaban J connectivity index is 2.27. The maximum Gasteiger partial charge on any atom is 0.357 e. The molecule has 1 heterocycles. The van der Waals surface area contributed by atoms with Crippen LogP contribution in [-0.4, -0.2) is 35.7 Å². The van der Waals surface area contributed by atoms with E-state index in [1.54, 1.807) is 0 Å². The van der Waals surface area contributed by atoms with Crippen molar-refractivity contribution in [2.45, 2.75) is 51.0 Å². The lowest BCUT2D eigenvalue weighted by atomic mass is 9.80. The number of aromatic amines is 1. The monoisotopic (exact) mass is 315 g/mol. The van der Waals surface area contributed by atoms with E-state index >= 15 is 0 Å². The summed E-state index contributed by atoms with van der Waals surface area (Å²) in [5.74, 6) is -0.542. The summed E-state index contributed by atoms with van der Waals surface area (Å²) in [6.45, 7) is 5.67. The molecule has 0 aliphatic heterocycles. The zero-order chi connectivity index (χ0) is 15.8. The van der Waals surface area contributed by atoms with Gasteiger partial charge in [-0.1, -0.05) is 13.8 Å². The Labute approximate surface area is 124 Å². The topological polar surface area (TPSA) is 112 Å². The zero-order valence-electron chi connectivity index (χ0n) is 12.4. The molecule has 118 valence electrons. The van der Waals surface area contributed by atoms with Crippen molar-refractivity contribution in [2.24, 2.45) is 11.8 Å². The van der Waals surface area contributed by atoms with Crippen molar-refractivity contribution < 1.29 is 18.3 Å². The van der Waals surface area contributed by atoms with Crippen molar-refractivity contribution in [1.29, 1.82) is 0 Å². The summed E-state index contributed by atoms with van der Waals surface area (Å²) >= 11 is 0. The lowest BCUT2D eigenvalue weighted by molar-refractivity contribution is 0.0686. The number of rotatable bonds is 4. The highest BCUT2D eigenvalue weighted by atomic mass is 32.2. The van der Waals surface area contributed by atoms with Crippen LogP contribution in [0.1, 0.15) is 49.3 Å². The van der Waals surface area contributed by atoms with Gasteiger partial charge in [0.05, 0.1) is 5.69 Å². The van der Waals surface area contributed by atoms with Gasteiger partial charge in [0.1, 0.15) is 4.90 Å². The van der Waals surface area contributed by atoms with E-state index in [2.05, 4.69) is 21.8 Å². The molecule has 1 saturated carbocycles. The molecule has 1 aliphatic carbocycles. The second kappa shape index (κ2) is 5.76. The highest BCUT2D eigenvalue weighted by Gasteiger charge is 2.33. The molecule has 1 aliphatic rings. The Kier molecular flexibility index (Phi) is 4.38. The smallest absolute Gasteiger partial charge is 0.357 e. The molecule has 3 N–H and O–H groups in total. The van der Waals surface area contributed by atoms with Crippen LogP contribution in [-0.2, 0) is 10.0 Å². The van der Waals surface area contributed by atoms with E-state index in [1.165, 1.54) is 6.92 Å². The molecule has 21 heavy (non-hydrogen) atoms. The molecule has 0 radical (unpaired) electrons. The Hall–Kier alpha value is -1.41. The Bertz CT molecular complexity index is 638. The van der Waals surface area contributed by atoms with Crippen LogP contribution in [0.15, 0.2) is 4.90 Å². The van der Waals surface area contributed by atoms with Gasteiger partial charge in [-0.05, 0) is 38.0 Å². The molecule has 2 rings (SSSR count).